The third-order valence-electron chi connectivity index (χ3n) is 12.0. The summed E-state index contributed by atoms with van der Waals surface area (Å²) in [5, 5.41) is 5.31. The number of allylic oxidation sites excluding steroid dienone is 8. The molecule has 2 heterocycles. The van der Waals surface area contributed by atoms with Gasteiger partial charge >= 0.3 is 0 Å². The minimum absolute atomic E-state index is 0.275. The molecule has 3 aliphatic rings. The number of benzene rings is 4. The lowest BCUT2D eigenvalue weighted by atomic mass is 9.78. The highest BCUT2D eigenvalue weighted by atomic mass is 79.9. The molecule has 4 aromatic rings. The van der Waals surface area contributed by atoms with Gasteiger partial charge in [0.05, 0.1) is 21.3 Å². The van der Waals surface area contributed by atoms with Crippen LogP contribution in [0.15, 0.2) is 116 Å². The highest BCUT2D eigenvalue weighted by Crippen LogP contribution is 2.51. The molecule has 0 fully saturated rings. The zero-order chi connectivity index (χ0) is 42.5. The molecule has 0 aromatic heterocycles. The molecule has 0 amide bonds. The van der Waals surface area contributed by atoms with E-state index >= 15 is 0 Å². The van der Waals surface area contributed by atoms with E-state index in [1.165, 1.54) is 11.1 Å². The second-order valence-electron chi connectivity index (χ2n) is 16.8. The van der Waals surface area contributed by atoms with Gasteiger partial charge in [-0.1, -0.05) is 87.7 Å². The number of hydrogen-bond donors (Lipinski definition) is 1. The normalized spacial score (nSPS) is 19.3. The van der Waals surface area contributed by atoms with Crippen LogP contribution in [0.1, 0.15) is 83.8 Å². The van der Waals surface area contributed by atoms with Crippen LogP contribution in [0, 0.1) is 0 Å². The second-order valence-corrected chi connectivity index (χ2v) is 22.1. The van der Waals surface area contributed by atoms with E-state index < -0.39 is 20.2 Å². The van der Waals surface area contributed by atoms with E-state index in [2.05, 4.69) is 154 Å². The van der Waals surface area contributed by atoms with Crippen molar-refractivity contribution in [3.05, 3.63) is 127 Å². The fraction of sp³-hybridized carbons (Fsp3) is 0.370. The van der Waals surface area contributed by atoms with Crippen molar-refractivity contribution in [1.29, 1.82) is 0 Å². The summed E-state index contributed by atoms with van der Waals surface area (Å²) >= 11 is 14.6. The van der Waals surface area contributed by atoms with Gasteiger partial charge in [-0.15, -0.1) is 0 Å². The van der Waals surface area contributed by atoms with Gasteiger partial charge in [0, 0.05) is 67.2 Å². The van der Waals surface area contributed by atoms with E-state index in [1.54, 1.807) is 0 Å². The van der Waals surface area contributed by atoms with Crippen LogP contribution in [0.4, 0.5) is 11.4 Å². The molecule has 13 heteroatoms. The van der Waals surface area contributed by atoms with Gasteiger partial charge in [0.25, 0.3) is 10.1 Å². The SMILES string of the molecule is CC1(C)C(/C=C/C2=C(Cl)C(=C/C=C3/N(CCCCS(=O)(=O)[O-])c4ccc5cc(Br)ccc5c4C3(C)C)/CCC2)=[N+](CCCCS(=O)(=O)O)c2ccc3cc(Br)ccc3c21. The summed E-state index contributed by atoms with van der Waals surface area (Å²) in [7, 11) is -8.35. The van der Waals surface area contributed by atoms with E-state index in [0.29, 0.717) is 32.4 Å². The van der Waals surface area contributed by atoms with Gasteiger partial charge in [-0.25, -0.2) is 8.42 Å². The summed E-state index contributed by atoms with van der Waals surface area (Å²) in [5.41, 5.74) is 8.09. The predicted octanol–water partition coefficient (Wildman–Crippen LogP) is 11.7. The van der Waals surface area contributed by atoms with Crippen molar-refractivity contribution in [3.63, 3.8) is 0 Å². The molecule has 0 saturated heterocycles. The number of rotatable bonds is 13. The summed E-state index contributed by atoms with van der Waals surface area (Å²) < 4.78 is 71.0. The van der Waals surface area contributed by atoms with Gasteiger partial charge in [-0.3, -0.25) is 4.55 Å². The average molecular weight is 985 g/mol. The van der Waals surface area contributed by atoms with E-state index in [-0.39, 0.29) is 28.8 Å². The maximum atomic E-state index is 11.5. The summed E-state index contributed by atoms with van der Waals surface area (Å²) in [6.45, 7) is 10.1. The Morgan fingerprint density at radius 2 is 1.44 bits per heavy atom. The van der Waals surface area contributed by atoms with E-state index in [9.17, 15) is 25.9 Å². The van der Waals surface area contributed by atoms with Crippen molar-refractivity contribution >= 4 is 102 Å². The number of halogens is 3. The molecule has 4 aromatic carbocycles. The van der Waals surface area contributed by atoms with Gasteiger partial charge in [-0.05, 0) is 133 Å². The van der Waals surface area contributed by atoms with E-state index in [0.717, 1.165) is 88.7 Å². The number of unbranched alkanes of at least 4 members (excludes halogenated alkanes) is 2. The molecule has 0 bridgehead atoms. The van der Waals surface area contributed by atoms with Crippen LogP contribution in [-0.2, 0) is 31.1 Å². The molecule has 0 radical (unpaired) electrons. The first-order valence-corrected chi connectivity index (χ1v) is 25.2. The highest BCUT2D eigenvalue weighted by Gasteiger charge is 2.45. The molecule has 2 aliphatic heterocycles. The number of hydrogen-bond acceptors (Lipinski definition) is 6. The molecule has 0 unspecified atom stereocenters. The molecule has 1 aliphatic carbocycles. The minimum Gasteiger partial charge on any atom is -0.748 e. The van der Waals surface area contributed by atoms with E-state index in [1.807, 2.05) is 0 Å². The summed E-state index contributed by atoms with van der Waals surface area (Å²) in [6, 6.07) is 21.2. The Hall–Kier alpha value is -3.10. The molecule has 1 N–H and O–H groups in total. The Morgan fingerprint density at radius 3 is 2.10 bits per heavy atom. The number of nitrogens with zero attached hydrogens (tertiary/aromatic N) is 2. The van der Waals surface area contributed by atoms with Crippen molar-refractivity contribution in [2.24, 2.45) is 0 Å². The molecule has 0 saturated carbocycles. The monoisotopic (exact) mass is 982 g/mol. The summed E-state index contributed by atoms with van der Waals surface area (Å²) in [6.07, 6.45) is 13.0. The first-order chi connectivity index (χ1) is 27.8. The molecule has 312 valence electrons. The summed E-state index contributed by atoms with van der Waals surface area (Å²) in [5.74, 6) is -0.658. The quantitative estimate of drug-likeness (QED) is 0.0805. The molecule has 0 atom stereocenters. The Bertz CT molecular complexity index is 2750. The highest BCUT2D eigenvalue weighted by molar-refractivity contribution is 9.10. The zero-order valence-electron chi connectivity index (χ0n) is 33.7. The van der Waals surface area contributed by atoms with Crippen molar-refractivity contribution in [2.45, 2.75) is 83.5 Å². The molecular weight excluding hydrogens is 936 g/mol. The van der Waals surface area contributed by atoms with E-state index in [4.69, 9.17) is 11.6 Å². The van der Waals surface area contributed by atoms with Crippen LogP contribution >= 0.6 is 43.5 Å². The van der Waals surface area contributed by atoms with Crippen LogP contribution in [0.5, 0.6) is 0 Å². The van der Waals surface area contributed by atoms with Gasteiger partial charge in [0.1, 0.15) is 6.54 Å². The van der Waals surface area contributed by atoms with Gasteiger partial charge in [0.2, 0.25) is 5.69 Å². The third-order valence-corrected chi connectivity index (χ3v) is 15.1. The van der Waals surface area contributed by atoms with Gasteiger partial charge < -0.3 is 9.45 Å². The Labute approximate surface area is 370 Å². The van der Waals surface area contributed by atoms with Gasteiger partial charge in [-0.2, -0.15) is 13.0 Å². The lowest BCUT2D eigenvalue weighted by molar-refractivity contribution is -0.438. The maximum absolute atomic E-state index is 11.5. The standard InChI is InChI=1S/C46H49Br2ClN2O6S2/c1-45(2)40(50(24-5-7-26-58(52,53)54)38-20-12-32-28-34(47)16-18-36(32)42(38)45)22-14-30-10-9-11-31(44(30)49)15-23-41-46(3,4)43-37-19-17-35(48)29-33(37)13-21-39(43)51(41)25-6-8-27-59(55,56)57/h12-23,28-29H,5-11,24-27H2,1-4H3,(H-,52,53,54,55,56,57). The van der Waals surface area contributed by atoms with Crippen molar-refractivity contribution in [2.75, 3.05) is 29.5 Å². The molecular formula is C46H49Br2ClN2O6S2. The predicted molar refractivity (Wildman–Crippen MR) is 248 cm³/mol. The maximum Gasteiger partial charge on any atom is 0.264 e. The van der Waals surface area contributed by atoms with Crippen molar-refractivity contribution in [3.8, 4) is 0 Å². The lowest BCUT2D eigenvalue weighted by Gasteiger charge is -2.27. The minimum atomic E-state index is -4.30. The van der Waals surface area contributed by atoms with Crippen LogP contribution in [0.2, 0.25) is 0 Å². The Balaban J connectivity index is 1.25. The molecule has 0 spiro atoms. The first kappa shape index (κ1) is 44.0. The number of anilines is 1. The molecule has 7 rings (SSSR count). The Kier molecular flexibility index (Phi) is 12.7. The Morgan fingerprint density at radius 1 is 0.797 bits per heavy atom. The van der Waals surface area contributed by atoms with Crippen LogP contribution < -0.4 is 4.90 Å². The van der Waals surface area contributed by atoms with Crippen molar-refractivity contribution in [1.82, 2.24) is 0 Å². The van der Waals surface area contributed by atoms with Gasteiger partial charge in [0.15, 0.2) is 5.71 Å². The average Bonchev–Trinajstić information content (AvgIpc) is 3.51. The largest absolute Gasteiger partial charge is 0.748 e. The smallest absolute Gasteiger partial charge is 0.264 e. The topological polar surface area (TPSA) is 118 Å². The fourth-order valence-electron chi connectivity index (χ4n) is 9.28. The van der Waals surface area contributed by atoms with Crippen LogP contribution in [0.3, 0.4) is 0 Å². The van der Waals surface area contributed by atoms with Crippen LogP contribution in [0.25, 0.3) is 21.5 Å². The lowest BCUT2D eigenvalue weighted by Crippen LogP contribution is -2.28. The molecule has 59 heavy (non-hydrogen) atoms. The molecule has 8 nitrogen and oxygen atoms in total. The van der Waals surface area contributed by atoms with Crippen molar-refractivity contribution < 1.29 is 30.5 Å². The number of fused-ring (bicyclic) bond motifs is 6. The first-order valence-electron chi connectivity index (χ1n) is 20.0. The fourth-order valence-corrected chi connectivity index (χ4v) is 11.5. The van der Waals surface area contributed by atoms with Crippen LogP contribution in [-0.4, -0.2) is 60.8 Å². The third kappa shape index (κ3) is 9.25. The second kappa shape index (κ2) is 17.0. The summed E-state index contributed by atoms with van der Waals surface area (Å²) in [4.78, 5) is 2.27. The zero-order valence-corrected chi connectivity index (χ0v) is 39.3.